The predicted octanol–water partition coefficient (Wildman–Crippen LogP) is 4.72. The molecule has 1 N–H and O–H groups in total. The fourth-order valence-corrected chi connectivity index (χ4v) is 3.02. The molecule has 0 atom stereocenters. The molecule has 2 aromatic rings. The van der Waals surface area contributed by atoms with Gasteiger partial charge in [-0.05, 0) is 42.3 Å². The minimum atomic E-state index is 0.0519. The van der Waals surface area contributed by atoms with E-state index in [0.29, 0.717) is 5.56 Å². The van der Waals surface area contributed by atoms with Gasteiger partial charge in [0, 0.05) is 29.4 Å². The summed E-state index contributed by atoms with van der Waals surface area (Å²) in [7, 11) is 1.83. The molecule has 0 radical (unpaired) electrons. The number of benzene rings is 2. The Morgan fingerprint density at radius 3 is 2.64 bits per heavy atom. The molecule has 0 spiro atoms. The van der Waals surface area contributed by atoms with Gasteiger partial charge in [-0.15, -0.1) is 0 Å². The van der Waals surface area contributed by atoms with Crippen LogP contribution in [0.2, 0.25) is 0 Å². The molecule has 1 heterocycles. The maximum absolute atomic E-state index is 12.7. The van der Waals surface area contributed by atoms with Gasteiger partial charge in [0.1, 0.15) is 0 Å². The third-order valence-electron chi connectivity index (χ3n) is 3.61. The summed E-state index contributed by atoms with van der Waals surface area (Å²) in [6, 6.07) is 13.7. The average Bonchev–Trinajstić information content (AvgIpc) is 2.99. The Labute approximate surface area is 140 Å². The smallest absolute Gasteiger partial charge is 0.260 e. The van der Waals surface area contributed by atoms with Gasteiger partial charge in [-0.3, -0.25) is 4.79 Å². The molecular weight excluding hydrogens is 340 g/mol. The molecule has 0 aromatic heterocycles. The van der Waals surface area contributed by atoms with E-state index in [-0.39, 0.29) is 5.91 Å². The molecule has 3 nitrogen and oxygen atoms in total. The van der Waals surface area contributed by atoms with E-state index in [1.165, 1.54) is 5.56 Å². The van der Waals surface area contributed by atoms with Crippen LogP contribution in [0.4, 0.5) is 11.4 Å². The van der Waals surface area contributed by atoms with Crippen LogP contribution >= 0.6 is 15.9 Å². The van der Waals surface area contributed by atoms with Crippen molar-refractivity contribution in [2.75, 3.05) is 23.8 Å². The number of hydrogen-bond donors (Lipinski definition) is 1. The number of halogens is 1. The molecule has 0 saturated carbocycles. The molecule has 1 aliphatic heterocycles. The quantitative estimate of drug-likeness (QED) is 0.840. The lowest BCUT2D eigenvalue weighted by Gasteiger charge is -2.19. The standard InChI is InChI=1S/C16H15BrN2O.C2H6/c1-18-14-5-3-2-4-13(14)16(20)19-9-8-11-10-12(17)6-7-15(11)19;1-2/h2-7,10,18H,8-9H2,1H3;1-2H3. The van der Waals surface area contributed by atoms with Crippen LogP contribution in [-0.2, 0) is 6.42 Å². The van der Waals surface area contributed by atoms with Crippen LogP contribution in [0.1, 0.15) is 29.8 Å². The third kappa shape index (κ3) is 3.17. The Morgan fingerprint density at radius 2 is 1.91 bits per heavy atom. The SMILES string of the molecule is CC.CNc1ccccc1C(=O)N1CCc2cc(Br)ccc21. The molecule has 0 unspecified atom stereocenters. The second kappa shape index (κ2) is 7.45. The zero-order valence-corrected chi connectivity index (χ0v) is 14.8. The third-order valence-corrected chi connectivity index (χ3v) is 4.10. The summed E-state index contributed by atoms with van der Waals surface area (Å²) in [5, 5.41) is 3.08. The molecule has 4 heteroatoms. The molecule has 1 amide bonds. The van der Waals surface area contributed by atoms with Gasteiger partial charge >= 0.3 is 0 Å². The van der Waals surface area contributed by atoms with Crippen LogP contribution < -0.4 is 10.2 Å². The molecule has 116 valence electrons. The maximum Gasteiger partial charge on any atom is 0.260 e. The molecule has 2 aromatic carbocycles. The van der Waals surface area contributed by atoms with E-state index in [0.717, 1.165) is 28.8 Å². The van der Waals surface area contributed by atoms with Crippen LogP contribution in [0.15, 0.2) is 46.9 Å². The van der Waals surface area contributed by atoms with E-state index in [1.807, 2.05) is 62.2 Å². The van der Waals surface area contributed by atoms with Crippen molar-refractivity contribution in [1.29, 1.82) is 0 Å². The largest absolute Gasteiger partial charge is 0.387 e. The lowest BCUT2D eigenvalue weighted by molar-refractivity contribution is 0.0990. The highest BCUT2D eigenvalue weighted by molar-refractivity contribution is 9.10. The number of para-hydroxylation sites is 1. The normalized spacial score (nSPS) is 12.3. The highest BCUT2D eigenvalue weighted by atomic mass is 79.9. The summed E-state index contributed by atoms with van der Waals surface area (Å²) in [5.74, 6) is 0.0519. The molecule has 0 saturated heterocycles. The number of carbonyl (C=O) groups excluding carboxylic acids is 1. The van der Waals surface area contributed by atoms with Crippen molar-refractivity contribution in [3.05, 3.63) is 58.1 Å². The number of fused-ring (bicyclic) bond motifs is 1. The lowest BCUT2D eigenvalue weighted by Crippen LogP contribution is -2.29. The summed E-state index contributed by atoms with van der Waals surface area (Å²) >= 11 is 3.48. The van der Waals surface area contributed by atoms with Crippen molar-refractivity contribution in [3.63, 3.8) is 0 Å². The fourth-order valence-electron chi connectivity index (χ4n) is 2.61. The number of anilines is 2. The molecule has 22 heavy (non-hydrogen) atoms. The molecule has 0 aliphatic carbocycles. The monoisotopic (exact) mass is 360 g/mol. The lowest BCUT2D eigenvalue weighted by atomic mass is 10.1. The first kappa shape index (κ1) is 16.6. The van der Waals surface area contributed by atoms with E-state index in [1.54, 1.807) is 0 Å². The Hall–Kier alpha value is -1.81. The van der Waals surface area contributed by atoms with Crippen molar-refractivity contribution in [3.8, 4) is 0 Å². The molecule has 0 bridgehead atoms. The van der Waals surface area contributed by atoms with Crippen LogP contribution in [0.5, 0.6) is 0 Å². The first-order valence-corrected chi connectivity index (χ1v) is 8.37. The number of carbonyl (C=O) groups is 1. The van der Waals surface area contributed by atoms with Crippen LogP contribution in [0.25, 0.3) is 0 Å². The van der Waals surface area contributed by atoms with Crippen molar-refractivity contribution in [2.24, 2.45) is 0 Å². The molecule has 3 rings (SSSR count). The highest BCUT2D eigenvalue weighted by Crippen LogP contribution is 2.32. The highest BCUT2D eigenvalue weighted by Gasteiger charge is 2.26. The van der Waals surface area contributed by atoms with Gasteiger partial charge in [0.15, 0.2) is 0 Å². The van der Waals surface area contributed by atoms with Gasteiger partial charge in [-0.25, -0.2) is 0 Å². The van der Waals surface area contributed by atoms with Gasteiger partial charge in [-0.1, -0.05) is 41.9 Å². The van der Waals surface area contributed by atoms with Gasteiger partial charge in [0.05, 0.1) is 5.56 Å². The van der Waals surface area contributed by atoms with Gasteiger partial charge in [-0.2, -0.15) is 0 Å². The first-order valence-electron chi connectivity index (χ1n) is 7.58. The topological polar surface area (TPSA) is 32.3 Å². The zero-order chi connectivity index (χ0) is 16.1. The first-order chi connectivity index (χ1) is 10.7. The Balaban J connectivity index is 0.000000847. The summed E-state index contributed by atoms with van der Waals surface area (Å²) in [6.07, 6.45) is 0.905. The summed E-state index contributed by atoms with van der Waals surface area (Å²) in [6.45, 7) is 4.74. The van der Waals surface area contributed by atoms with E-state index < -0.39 is 0 Å². The Morgan fingerprint density at radius 1 is 1.18 bits per heavy atom. The minimum absolute atomic E-state index is 0.0519. The van der Waals surface area contributed by atoms with Crippen molar-refractivity contribution in [1.82, 2.24) is 0 Å². The van der Waals surface area contributed by atoms with Gasteiger partial charge < -0.3 is 10.2 Å². The van der Waals surface area contributed by atoms with Crippen LogP contribution in [0.3, 0.4) is 0 Å². The van der Waals surface area contributed by atoms with E-state index in [4.69, 9.17) is 0 Å². The van der Waals surface area contributed by atoms with Gasteiger partial charge in [0.25, 0.3) is 5.91 Å². The van der Waals surface area contributed by atoms with Crippen LogP contribution in [0, 0.1) is 0 Å². The predicted molar refractivity (Wildman–Crippen MR) is 96.9 cm³/mol. The summed E-state index contributed by atoms with van der Waals surface area (Å²) < 4.78 is 1.06. The van der Waals surface area contributed by atoms with E-state index in [2.05, 4.69) is 27.3 Å². The van der Waals surface area contributed by atoms with Crippen molar-refractivity contribution < 1.29 is 4.79 Å². The molecule has 1 aliphatic rings. The summed E-state index contributed by atoms with van der Waals surface area (Å²) in [5.41, 5.74) is 3.81. The number of nitrogens with one attached hydrogen (secondary N) is 1. The second-order valence-corrected chi connectivity index (χ2v) is 5.69. The maximum atomic E-state index is 12.7. The zero-order valence-electron chi connectivity index (χ0n) is 13.2. The second-order valence-electron chi connectivity index (χ2n) is 4.78. The van der Waals surface area contributed by atoms with E-state index >= 15 is 0 Å². The van der Waals surface area contributed by atoms with Gasteiger partial charge in [0.2, 0.25) is 0 Å². The average molecular weight is 361 g/mol. The number of hydrogen-bond acceptors (Lipinski definition) is 2. The number of rotatable bonds is 2. The minimum Gasteiger partial charge on any atom is -0.387 e. The number of nitrogens with zero attached hydrogens (tertiary/aromatic N) is 1. The van der Waals surface area contributed by atoms with Crippen molar-refractivity contribution >= 4 is 33.2 Å². The Bertz CT molecular complexity index is 670. The van der Waals surface area contributed by atoms with Crippen molar-refractivity contribution in [2.45, 2.75) is 20.3 Å². The van der Waals surface area contributed by atoms with Crippen LogP contribution in [-0.4, -0.2) is 19.5 Å². The summed E-state index contributed by atoms with van der Waals surface area (Å²) in [4.78, 5) is 14.6. The molecule has 0 fully saturated rings. The number of amides is 1. The molecular formula is C18H21BrN2O. The fraction of sp³-hybridized carbons (Fsp3) is 0.278. The van der Waals surface area contributed by atoms with E-state index in [9.17, 15) is 4.79 Å². The Kier molecular flexibility index (Phi) is 5.61.